The lowest BCUT2D eigenvalue weighted by Crippen LogP contribution is -2.25. The van der Waals surface area contributed by atoms with Crippen LogP contribution in [0, 0.1) is 0 Å². The molecule has 0 aliphatic carbocycles. The van der Waals surface area contributed by atoms with Crippen molar-refractivity contribution in [2.75, 3.05) is 26.2 Å². The summed E-state index contributed by atoms with van der Waals surface area (Å²) in [6, 6.07) is 6.17. The van der Waals surface area contributed by atoms with Gasteiger partial charge < -0.3 is 4.90 Å². The van der Waals surface area contributed by atoms with Gasteiger partial charge in [0.05, 0.1) is 0 Å². The van der Waals surface area contributed by atoms with Crippen molar-refractivity contribution in [1.29, 1.82) is 0 Å². The summed E-state index contributed by atoms with van der Waals surface area (Å²) in [6.07, 6.45) is 2.53. The number of fused-ring (bicyclic) bond motifs is 1. The fourth-order valence-corrected chi connectivity index (χ4v) is 3.05. The molecular formula is C18H28N2O. The summed E-state index contributed by atoms with van der Waals surface area (Å²) < 4.78 is 0. The molecule has 0 unspecified atom stereocenters. The summed E-state index contributed by atoms with van der Waals surface area (Å²) >= 11 is 0. The zero-order valence-electron chi connectivity index (χ0n) is 13.7. The first kappa shape index (κ1) is 16.2. The van der Waals surface area contributed by atoms with Crippen molar-refractivity contribution in [3.63, 3.8) is 0 Å². The minimum Gasteiger partial charge on any atom is -0.304 e. The lowest BCUT2D eigenvalue weighted by Gasteiger charge is -2.19. The predicted octanol–water partition coefficient (Wildman–Crippen LogP) is 3.33. The number of Topliss-reactive ketones (excluding diaryl/α,β-unsaturated/α-hetero) is 1. The second-order valence-corrected chi connectivity index (χ2v) is 5.98. The zero-order valence-corrected chi connectivity index (χ0v) is 13.7. The summed E-state index contributed by atoms with van der Waals surface area (Å²) in [4.78, 5) is 16.4. The van der Waals surface area contributed by atoms with Crippen LogP contribution in [0.1, 0.15) is 55.1 Å². The molecule has 0 radical (unpaired) electrons. The number of rotatable bonds is 8. The van der Waals surface area contributed by atoms with Gasteiger partial charge in [-0.25, -0.2) is 0 Å². The van der Waals surface area contributed by atoms with Crippen molar-refractivity contribution in [2.24, 2.45) is 0 Å². The van der Waals surface area contributed by atoms with Gasteiger partial charge in [0.1, 0.15) is 0 Å². The largest absolute Gasteiger partial charge is 0.304 e. The lowest BCUT2D eigenvalue weighted by molar-refractivity contribution is 0.101. The Morgan fingerprint density at radius 2 is 1.86 bits per heavy atom. The maximum atomic E-state index is 11.4. The van der Waals surface area contributed by atoms with E-state index in [9.17, 15) is 4.79 Å². The quantitative estimate of drug-likeness (QED) is 0.541. The molecule has 0 bridgehead atoms. The van der Waals surface area contributed by atoms with Gasteiger partial charge in [0.25, 0.3) is 0 Å². The molecular weight excluding hydrogens is 260 g/mol. The van der Waals surface area contributed by atoms with E-state index in [4.69, 9.17) is 0 Å². The molecule has 0 aromatic heterocycles. The maximum Gasteiger partial charge on any atom is 0.159 e. The molecule has 1 aromatic rings. The number of hydrogen-bond donors (Lipinski definition) is 0. The van der Waals surface area contributed by atoms with Crippen LogP contribution in [0.15, 0.2) is 18.2 Å². The van der Waals surface area contributed by atoms with Crippen LogP contribution in [0.3, 0.4) is 0 Å². The third kappa shape index (κ3) is 4.39. The van der Waals surface area contributed by atoms with Crippen LogP contribution in [0.25, 0.3) is 0 Å². The van der Waals surface area contributed by atoms with E-state index in [0.29, 0.717) is 0 Å². The Labute approximate surface area is 128 Å². The summed E-state index contributed by atoms with van der Waals surface area (Å²) in [7, 11) is 0. The van der Waals surface area contributed by atoms with Crippen molar-refractivity contribution in [3.05, 3.63) is 34.9 Å². The summed E-state index contributed by atoms with van der Waals surface area (Å²) in [5.41, 5.74) is 3.58. The van der Waals surface area contributed by atoms with Gasteiger partial charge in [-0.05, 0) is 63.1 Å². The van der Waals surface area contributed by atoms with Crippen LogP contribution in [0.5, 0.6) is 0 Å². The highest BCUT2D eigenvalue weighted by Crippen LogP contribution is 2.24. The SMILES string of the molecule is CCN(CC)CCCCN1Cc2ccc(C(C)=O)cc2C1. The Morgan fingerprint density at radius 3 is 2.52 bits per heavy atom. The van der Waals surface area contributed by atoms with Gasteiger partial charge in [-0.3, -0.25) is 9.69 Å². The van der Waals surface area contributed by atoms with Crippen LogP contribution in [0.4, 0.5) is 0 Å². The summed E-state index contributed by atoms with van der Waals surface area (Å²) in [5, 5.41) is 0. The molecule has 1 aromatic carbocycles. The maximum absolute atomic E-state index is 11.4. The number of ketones is 1. The van der Waals surface area contributed by atoms with Crippen LogP contribution in [-0.4, -0.2) is 41.8 Å². The van der Waals surface area contributed by atoms with Crippen molar-refractivity contribution in [2.45, 2.75) is 46.7 Å². The smallest absolute Gasteiger partial charge is 0.159 e. The van der Waals surface area contributed by atoms with Crippen LogP contribution < -0.4 is 0 Å². The number of benzene rings is 1. The molecule has 0 N–H and O–H groups in total. The van der Waals surface area contributed by atoms with Gasteiger partial charge in [-0.2, -0.15) is 0 Å². The van der Waals surface area contributed by atoms with Crippen LogP contribution in [0.2, 0.25) is 0 Å². The second-order valence-electron chi connectivity index (χ2n) is 5.98. The molecule has 0 atom stereocenters. The van der Waals surface area contributed by atoms with E-state index in [-0.39, 0.29) is 5.78 Å². The molecule has 0 saturated carbocycles. The summed E-state index contributed by atoms with van der Waals surface area (Å²) in [6.45, 7) is 12.8. The Morgan fingerprint density at radius 1 is 1.14 bits per heavy atom. The van der Waals surface area contributed by atoms with Crippen molar-refractivity contribution < 1.29 is 4.79 Å². The number of nitrogens with zero attached hydrogens (tertiary/aromatic N) is 2. The van der Waals surface area contributed by atoms with E-state index in [0.717, 1.165) is 38.3 Å². The molecule has 3 heteroatoms. The highest BCUT2D eigenvalue weighted by atomic mass is 16.1. The Bertz CT molecular complexity index is 480. The monoisotopic (exact) mass is 288 g/mol. The minimum atomic E-state index is 0.162. The number of carbonyl (C=O) groups excluding carboxylic acids is 1. The molecule has 0 fully saturated rings. The molecule has 0 saturated heterocycles. The molecule has 0 amide bonds. The van der Waals surface area contributed by atoms with Crippen LogP contribution in [-0.2, 0) is 13.1 Å². The summed E-state index contributed by atoms with van der Waals surface area (Å²) in [5.74, 6) is 0.162. The molecule has 21 heavy (non-hydrogen) atoms. The Balaban J connectivity index is 1.77. The van der Waals surface area contributed by atoms with Crippen molar-refractivity contribution >= 4 is 5.78 Å². The van der Waals surface area contributed by atoms with E-state index in [1.807, 2.05) is 6.07 Å². The standard InChI is InChI=1S/C18H28N2O/c1-4-19(5-2)10-6-7-11-20-13-17-9-8-16(15(3)21)12-18(17)14-20/h8-9,12H,4-7,10-11,13-14H2,1-3H3. The van der Waals surface area contributed by atoms with Gasteiger partial charge in [-0.15, -0.1) is 0 Å². The van der Waals surface area contributed by atoms with E-state index in [2.05, 4.69) is 35.8 Å². The van der Waals surface area contributed by atoms with Gasteiger partial charge in [0, 0.05) is 18.7 Å². The predicted molar refractivity (Wildman–Crippen MR) is 87.6 cm³/mol. The molecule has 1 aliphatic rings. The van der Waals surface area contributed by atoms with Gasteiger partial charge in [0.15, 0.2) is 5.78 Å². The average Bonchev–Trinajstić information content (AvgIpc) is 2.89. The molecule has 1 heterocycles. The molecule has 3 nitrogen and oxygen atoms in total. The number of hydrogen-bond acceptors (Lipinski definition) is 3. The van der Waals surface area contributed by atoms with Crippen LogP contribution >= 0.6 is 0 Å². The normalized spacial score (nSPS) is 14.7. The first-order valence-corrected chi connectivity index (χ1v) is 8.21. The van der Waals surface area contributed by atoms with E-state index in [1.54, 1.807) is 6.92 Å². The average molecular weight is 288 g/mol. The first-order chi connectivity index (χ1) is 10.1. The highest BCUT2D eigenvalue weighted by Gasteiger charge is 2.19. The molecule has 1 aliphatic heterocycles. The van der Waals surface area contributed by atoms with Gasteiger partial charge in [0.2, 0.25) is 0 Å². The first-order valence-electron chi connectivity index (χ1n) is 8.21. The Kier molecular flexibility index (Phi) is 5.95. The third-order valence-electron chi connectivity index (χ3n) is 4.49. The zero-order chi connectivity index (χ0) is 15.2. The number of unbranched alkanes of at least 4 members (excludes halogenated alkanes) is 1. The van der Waals surface area contributed by atoms with E-state index < -0.39 is 0 Å². The van der Waals surface area contributed by atoms with E-state index in [1.165, 1.54) is 30.5 Å². The number of carbonyl (C=O) groups is 1. The van der Waals surface area contributed by atoms with Gasteiger partial charge >= 0.3 is 0 Å². The topological polar surface area (TPSA) is 23.6 Å². The second kappa shape index (κ2) is 7.71. The Hall–Kier alpha value is -1.19. The van der Waals surface area contributed by atoms with E-state index >= 15 is 0 Å². The van der Waals surface area contributed by atoms with Crippen molar-refractivity contribution in [1.82, 2.24) is 9.80 Å². The van der Waals surface area contributed by atoms with Crippen molar-refractivity contribution in [3.8, 4) is 0 Å². The van der Waals surface area contributed by atoms with Gasteiger partial charge in [-0.1, -0.05) is 26.0 Å². The fraction of sp³-hybridized carbons (Fsp3) is 0.611. The molecule has 2 rings (SSSR count). The fourth-order valence-electron chi connectivity index (χ4n) is 3.05. The third-order valence-corrected chi connectivity index (χ3v) is 4.49. The lowest BCUT2D eigenvalue weighted by atomic mass is 10.0. The minimum absolute atomic E-state index is 0.162. The molecule has 0 spiro atoms. The molecule has 116 valence electrons. The highest BCUT2D eigenvalue weighted by molar-refractivity contribution is 5.94.